The summed E-state index contributed by atoms with van der Waals surface area (Å²) in [6.45, 7) is 9.27. The number of hydrogen-bond acceptors (Lipinski definition) is 4. The van der Waals surface area contributed by atoms with E-state index in [1.165, 1.54) is 16.7 Å². The molecule has 0 N–H and O–H groups in total. The second-order valence-electron chi connectivity index (χ2n) is 7.08. The van der Waals surface area contributed by atoms with E-state index in [0.717, 1.165) is 63.7 Å². The van der Waals surface area contributed by atoms with Crippen LogP contribution in [0.4, 0.5) is 0 Å². The fraction of sp³-hybridized carbons (Fsp3) is 0.579. The maximum Gasteiger partial charge on any atom is 0.162 e. The molecular formula is C19H26N4O. The van der Waals surface area contributed by atoms with Crippen molar-refractivity contribution in [2.75, 3.05) is 19.7 Å². The van der Waals surface area contributed by atoms with E-state index in [-0.39, 0.29) is 6.10 Å². The lowest BCUT2D eigenvalue weighted by Gasteiger charge is -2.21. The Hall–Kier alpha value is -1.72. The fourth-order valence-electron chi connectivity index (χ4n) is 3.83. The van der Waals surface area contributed by atoms with Crippen LogP contribution < -0.4 is 0 Å². The quantitative estimate of drug-likeness (QED) is 0.870. The van der Waals surface area contributed by atoms with Crippen LogP contribution in [0.3, 0.4) is 0 Å². The molecule has 0 radical (unpaired) electrons. The van der Waals surface area contributed by atoms with Crippen LogP contribution in [0.15, 0.2) is 18.2 Å². The van der Waals surface area contributed by atoms with Gasteiger partial charge in [-0.3, -0.25) is 4.90 Å². The maximum absolute atomic E-state index is 5.82. The van der Waals surface area contributed by atoms with E-state index >= 15 is 0 Å². The van der Waals surface area contributed by atoms with Gasteiger partial charge in [0.15, 0.2) is 5.82 Å². The molecule has 24 heavy (non-hydrogen) atoms. The van der Waals surface area contributed by atoms with Crippen LogP contribution in [0.25, 0.3) is 0 Å². The first-order chi connectivity index (χ1) is 11.7. The van der Waals surface area contributed by atoms with Gasteiger partial charge in [0.25, 0.3) is 0 Å². The first-order valence-electron chi connectivity index (χ1n) is 9.03. The zero-order chi connectivity index (χ0) is 16.5. The molecule has 1 fully saturated rings. The zero-order valence-electron chi connectivity index (χ0n) is 14.7. The summed E-state index contributed by atoms with van der Waals surface area (Å²) in [4.78, 5) is 2.53. The van der Waals surface area contributed by atoms with Crippen LogP contribution in [0, 0.1) is 13.8 Å². The maximum atomic E-state index is 5.82. The van der Waals surface area contributed by atoms with Crippen LogP contribution >= 0.6 is 0 Å². The summed E-state index contributed by atoms with van der Waals surface area (Å²) >= 11 is 0. The molecule has 0 bridgehead atoms. The van der Waals surface area contributed by atoms with Crippen LogP contribution in [0.2, 0.25) is 0 Å². The Morgan fingerprint density at radius 3 is 2.88 bits per heavy atom. The Morgan fingerprint density at radius 2 is 2.08 bits per heavy atom. The standard InChI is InChI=1S/C19H26N4O/c1-14-5-6-16(15(2)12-14)13-22-8-7-18-20-21-19(23(18)10-9-22)17-4-3-11-24-17/h5-6,12,17H,3-4,7-11,13H2,1-2H3/t17-/m0/s1. The minimum Gasteiger partial charge on any atom is -0.370 e. The van der Waals surface area contributed by atoms with Gasteiger partial charge in [0.1, 0.15) is 11.9 Å². The van der Waals surface area contributed by atoms with Gasteiger partial charge >= 0.3 is 0 Å². The van der Waals surface area contributed by atoms with E-state index in [2.05, 4.69) is 51.7 Å². The molecule has 1 aromatic carbocycles. The number of hydrogen-bond donors (Lipinski definition) is 0. The van der Waals surface area contributed by atoms with Crippen molar-refractivity contribution in [3.63, 3.8) is 0 Å². The number of fused-ring (bicyclic) bond motifs is 1. The van der Waals surface area contributed by atoms with Gasteiger partial charge in [0, 0.05) is 39.2 Å². The molecule has 0 unspecified atom stereocenters. The van der Waals surface area contributed by atoms with Gasteiger partial charge in [-0.25, -0.2) is 0 Å². The van der Waals surface area contributed by atoms with E-state index < -0.39 is 0 Å². The van der Waals surface area contributed by atoms with Crippen molar-refractivity contribution >= 4 is 0 Å². The molecule has 0 spiro atoms. The molecule has 5 heteroatoms. The van der Waals surface area contributed by atoms with Crippen molar-refractivity contribution < 1.29 is 4.74 Å². The predicted molar refractivity (Wildman–Crippen MR) is 92.8 cm³/mol. The van der Waals surface area contributed by atoms with Crippen LogP contribution in [0.5, 0.6) is 0 Å². The monoisotopic (exact) mass is 326 g/mol. The molecule has 1 atom stereocenters. The predicted octanol–water partition coefficient (Wildman–Crippen LogP) is 2.80. The summed E-state index contributed by atoms with van der Waals surface area (Å²) in [6.07, 6.45) is 3.32. The van der Waals surface area contributed by atoms with Crippen molar-refractivity contribution in [2.24, 2.45) is 0 Å². The van der Waals surface area contributed by atoms with E-state index in [0.29, 0.717) is 0 Å². The summed E-state index contributed by atoms with van der Waals surface area (Å²) < 4.78 is 8.12. The highest BCUT2D eigenvalue weighted by molar-refractivity contribution is 5.30. The Kier molecular flexibility index (Phi) is 4.37. The Labute approximate surface area is 143 Å². The van der Waals surface area contributed by atoms with Crippen molar-refractivity contribution in [2.45, 2.75) is 52.3 Å². The van der Waals surface area contributed by atoms with Crippen molar-refractivity contribution in [3.8, 4) is 0 Å². The number of nitrogens with zero attached hydrogens (tertiary/aromatic N) is 4. The molecule has 5 nitrogen and oxygen atoms in total. The third-order valence-electron chi connectivity index (χ3n) is 5.26. The van der Waals surface area contributed by atoms with Gasteiger partial charge in [-0.15, -0.1) is 10.2 Å². The number of rotatable bonds is 3. The second kappa shape index (κ2) is 6.65. The van der Waals surface area contributed by atoms with E-state index in [4.69, 9.17) is 4.74 Å². The van der Waals surface area contributed by atoms with Gasteiger partial charge < -0.3 is 9.30 Å². The third kappa shape index (κ3) is 3.10. The Bertz CT molecular complexity index is 718. The van der Waals surface area contributed by atoms with Gasteiger partial charge in [-0.2, -0.15) is 0 Å². The number of aromatic nitrogens is 3. The lowest BCUT2D eigenvalue weighted by Crippen LogP contribution is -2.27. The lowest BCUT2D eigenvalue weighted by atomic mass is 10.1. The minimum atomic E-state index is 0.150. The largest absolute Gasteiger partial charge is 0.370 e. The average Bonchev–Trinajstić information content (AvgIpc) is 3.17. The smallest absolute Gasteiger partial charge is 0.162 e. The Morgan fingerprint density at radius 1 is 1.17 bits per heavy atom. The molecular weight excluding hydrogens is 300 g/mol. The van der Waals surface area contributed by atoms with Gasteiger partial charge in [0.05, 0.1) is 0 Å². The molecule has 2 aliphatic heterocycles. The number of ether oxygens (including phenoxy) is 1. The third-order valence-corrected chi connectivity index (χ3v) is 5.26. The molecule has 0 aliphatic carbocycles. The first-order valence-corrected chi connectivity index (χ1v) is 9.03. The SMILES string of the molecule is Cc1ccc(CN2CCc3nnc([C@@H]4CCCO4)n3CC2)c(C)c1. The molecule has 4 rings (SSSR count). The number of aryl methyl sites for hydroxylation is 2. The van der Waals surface area contributed by atoms with E-state index in [1.807, 2.05) is 0 Å². The second-order valence-corrected chi connectivity index (χ2v) is 7.08. The van der Waals surface area contributed by atoms with Crippen molar-refractivity contribution in [1.29, 1.82) is 0 Å². The van der Waals surface area contributed by atoms with Gasteiger partial charge in [-0.1, -0.05) is 23.8 Å². The highest BCUT2D eigenvalue weighted by Crippen LogP contribution is 2.28. The lowest BCUT2D eigenvalue weighted by molar-refractivity contribution is 0.101. The summed E-state index contributed by atoms with van der Waals surface area (Å²) in [6, 6.07) is 6.76. The molecule has 1 aromatic heterocycles. The average molecular weight is 326 g/mol. The van der Waals surface area contributed by atoms with Crippen LogP contribution in [-0.4, -0.2) is 39.4 Å². The number of benzene rings is 1. The topological polar surface area (TPSA) is 43.2 Å². The highest BCUT2D eigenvalue weighted by atomic mass is 16.5. The van der Waals surface area contributed by atoms with Crippen LogP contribution in [0.1, 0.15) is 47.3 Å². The Balaban J connectivity index is 1.47. The molecule has 0 saturated carbocycles. The molecule has 128 valence electrons. The first kappa shape index (κ1) is 15.8. The highest BCUT2D eigenvalue weighted by Gasteiger charge is 2.27. The summed E-state index contributed by atoms with van der Waals surface area (Å²) in [5.41, 5.74) is 4.15. The zero-order valence-corrected chi connectivity index (χ0v) is 14.7. The van der Waals surface area contributed by atoms with E-state index in [1.54, 1.807) is 0 Å². The summed E-state index contributed by atoms with van der Waals surface area (Å²) in [5.74, 6) is 2.15. The molecule has 2 aliphatic rings. The van der Waals surface area contributed by atoms with E-state index in [9.17, 15) is 0 Å². The molecule has 3 heterocycles. The molecule has 1 saturated heterocycles. The molecule has 0 amide bonds. The van der Waals surface area contributed by atoms with Gasteiger partial charge in [0.2, 0.25) is 0 Å². The fourth-order valence-corrected chi connectivity index (χ4v) is 3.83. The molecule has 2 aromatic rings. The summed E-state index contributed by atoms with van der Waals surface area (Å²) in [7, 11) is 0. The summed E-state index contributed by atoms with van der Waals surface area (Å²) in [5, 5.41) is 8.86. The van der Waals surface area contributed by atoms with Crippen molar-refractivity contribution in [1.82, 2.24) is 19.7 Å². The van der Waals surface area contributed by atoms with Crippen LogP contribution in [-0.2, 0) is 24.2 Å². The van der Waals surface area contributed by atoms with Gasteiger partial charge in [-0.05, 0) is 37.8 Å². The minimum absolute atomic E-state index is 0.150. The normalized spacial score (nSPS) is 21.7. The van der Waals surface area contributed by atoms with Crippen molar-refractivity contribution in [3.05, 3.63) is 46.5 Å².